The number of hydrogen-bond donors (Lipinski definition) is 1. The average molecular weight is 521 g/mol. The van der Waals surface area contributed by atoms with Crippen molar-refractivity contribution in [2.45, 2.75) is 64.7 Å². The Morgan fingerprint density at radius 2 is 1.76 bits per heavy atom. The smallest absolute Gasteiger partial charge is 0.283 e. The molecule has 7 heteroatoms. The second-order valence-corrected chi connectivity index (χ2v) is 10.4. The molecule has 5 rings (SSSR count). The van der Waals surface area contributed by atoms with Crippen LogP contribution in [0.25, 0.3) is 17.3 Å². The van der Waals surface area contributed by atoms with Gasteiger partial charge in [-0.1, -0.05) is 43.5 Å². The van der Waals surface area contributed by atoms with E-state index in [2.05, 4.69) is 18.4 Å². The zero-order valence-electron chi connectivity index (χ0n) is 21.4. The number of amides is 1. The van der Waals surface area contributed by atoms with E-state index in [-0.39, 0.29) is 11.7 Å². The fourth-order valence-corrected chi connectivity index (χ4v) is 5.63. The number of aryl methyl sites for hydroxylation is 1. The van der Waals surface area contributed by atoms with E-state index >= 15 is 0 Å². The highest BCUT2D eigenvalue weighted by molar-refractivity contribution is 6.30. The Kier molecular flexibility index (Phi) is 8.06. The molecule has 0 atom stereocenters. The topological polar surface area (TPSA) is 50.2 Å². The van der Waals surface area contributed by atoms with Gasteiger partial charge in [0.25, 0.3) is 5.91 Å². The summed E-state index contributed by atoms with van der Waals surface area (Å²) in [6.07, 6.45) is 11.1. The number of fused-ring (bicyclic) bond motifs is 1. The summed E-state index contributed by atoms with van der Waals surface area (Å²) in [4.78, 5) is 13.6. The first kappa shape index (κ1) is 25.7. The predicted octanol–water partition coefficient (Wildman–Crippen LogP) is 7.02. The van der Waals surface area contributed by atoms with E-state index in [9.17, 15) is 9.18 Å². The molecule has 194 valence electrons. The number of carbonyl (C=O) groups is 1. The monoisotopic (exact) mass is 520 g/mol. The first-order valence-electron chi connectivity index (χ1n) is 13.5. The van der Waals surface area contributed by atoms with E-state index < -0.39 is 0 Å². The lowest BCUT2D eigenvalue weighted by Gasteiger charge is -2.26. The van der Waals surface area contributed by atoms with Crippen molar-refractivity contribution in [3.8, 4) is 5.69 Å². The van der Waals surface area contributed by atoms with Crippen LogP contribution >= 0.6 is 11.6 Å². The van der Waals surface area contributed by atoms with Crippen LogP contribution < -0.4 is 5.43 Å². The predicted molar refractivity (Wildman–Crippen MR) is 147 cm³/mol. The maximum Gasteiger partial charge on any atom is 0.286 e. The zero-order chi connectivity index (χ0) is 25.8. The van der Waals surface area contributed by atoms with E-state index in [4.69, 9.17) is 16.7 Å². The highest BCUT2D eigenvalue weighted by Gasteiger charge is 2.28. The minimum Gasteiger partial charge on any atom is -0.283 e. The highest BCUT2D eigenvalue weighted by atomic mass is 35.5. The molecule has 1 amide bonds. The van der Waals surface area contributed by atoms with Gasteiger partial charge in [0.15, 0.2) is 5.69 Å². The largest absolute Gasteiger partial charge is 0.286 e. The first-order chi connectivity index (χ1) is 18.0. The molecule has 1 aliphatic heterocycles. The second-order valence-electron chi connectivity index (χ2n) is 9.98. The van der Waals surface area contributed by atoms with E-state index in [1.165, 1.54) is 18.6 Å². The molecule has 1 fully saturated rings. The minimum atomic E-state index is -0.254. The van der Waals surface area contributed by atoms with E-state index in [0.29, 0.717) is 10.7 Å². The molecule has 0 saturated carbocycles. The van der Waals surface area contributed by atoms with Gasteiger partial charge in [-0.05, 0) is 98.1 Å². The summed E-state index contributed by atoms with van der Waals surface area (Å²) in [5.74, 6) is -0.401. The molecule has 0 radical (unpaired) electrons. The zero-order valence-corrected chi connectivity index (χ0v) is 22.2. The Hall–Kier alpha value is -2.96. The van der Waals surface area contributed by atoms with Gasteiger partial charge >= 0.3 is 0 Å². The summed E-state index contributed by atoms with van der Waals surface area (Å²) in [6.45, 7) is 3.82. The number of aromatic nitrogens is 2. The number of nitrogens with one attached hydrogen (secondary N) is 1. The van der Waals surface area contributed by atoms with Crippen molar-refractivity contribution in [2.24, 2.45) is 0 Å². The Labute approximate surface area is 223 Å². The molecule has 3 aromatic rings. The molecule has 1 aliphatic carbocycles. The minimum absolute atomic E-state index is 0.148. The third-order valence-corrected chi connectivity index (χ3v) is 7.59. The normalized spacial score (nSPS) is 17.8. The third kappa shape index (κ3) is 5.81. The maximum atomic E-state index is 13.6. The molecule has 37 heavy (non-hydrogen) atoms. The molecule has 2 aliphatic rings. The fraction of sp³-hybridized carbons (Fsp3) is 0.400. The van der Waals surface area contributed by atoms with Gasteiger partial charge < -0.3 is 0 Å². The van der Waals surface area contributed by atoms with Gasteiger partial charge in [-0.3, -0.25) is 10.2 Å². The lowest BCUT2D eigenvalue weighted by Crippen LogP contribution is -2.45. The number of hydrazine groups is 1. The molecular weight excluding hydrogens is 487 g/mol. The number of rotatable bonds is 5. The standard InChI is InChI=1S/C30H34ClFN4O/c1-2-22-20-24(31)13-16-27(22)36-29-23(19-21-11-14-25(32)15-12-21)9-5-3-6-10-26(29)28(33-36)30(37)34-35-17-7-4-8-18-35/h11-16,19-20H,2-10,17-18H2,1H3,(H,34,37)/b23-19+. The number of piperidine rings is 1. The van der Waals surface area contributed by atoms with Crippen LogP contribution in [0.1, 0.15) is 84.7 Å². The van der Waals surface area contributed by atoms with Crippen molar-refractivity contribution in [1.82, 2.24) is 20.2 Å². The van der Waals surface area contributed by atoms with Crippen molar-refractivity contribution in [1.29, 1.82) is 0 Å². The van der Waals surface area contributed by atoms with Crippen LogP contribution in [0.4, 0.5) is 4.39 Å². The summed E-state index contributed by atoms with van der Waals surface area (Å²) in [7, 11) is 0. The summed E-state index contributed by atoms with van der Waals surface area (Å²) in [5, 5.41) is 7.69. The van der Waals surface area contributed by atoms with E-state index in [1.807, 2.05) is 27.9 Å². The van der Waals surface area contributed by atoms with Crippen molar-refractivity contribution in [3.05, 3.63) is 81.4 Å². The highest BCUT2D eigenvalue weighted by Crippen LogP contribution is 2.35. The molecule has 1 aromatic heterocycles. The van der Waals surface area contributed by atoms with Crippen LogP contribution in [-0.2, 0) is 12.8 Å². The van der Waals surface area contributed by atoms with Crippen LogP contribution in [0.5, 0.6) is 0 Å². The molecule has 0 unspecified atom stereocenters. The molecule has 0 bridgehead atoms. The number of benzene rings is 2. The van der Waals surface area contributed by atoms with E-state index in [0.717, 1.165) is 98.1 Å². The van der Waals surface area contributed by atoms with Gasteiger partial charge in [0, 0.05) is 23.7 Å². The molecular formula is C30H34ClFN4O. The number of hydrogen-bond acceptors (Lipinski definition) is 3. The SMILES string of the molecule is CCc1cc(Cl)ccc1-n1nc(C(=O)NN2CCCCC2)c2c1/C(=C/c1ccc(F)cc1)CCCCC2. The van der Waals surface area contributed by atoms with Crippen LogP contribution in [0.3, 0.4) is 0 Å². The van der Waals surface area contributed by atoms with Gasteiger partial charge in [0.05, 0.1) is 11.4 Å². The van der Waals surface area contributed by atoms with Gasteiger partial charge in [-0.2, -0.15) is 5.10 Å². The van der Waals surface area contributed by atoms with Gasteiger partial charge in [0.1, 0.15) is 5.82 Å². The molecule has 1 saturated heterocycles. The maximum absolute atomic E-state index is 13.6. The van der Waals surface area contributed by atoms with Crippen molar-refractivity contribution in [3.63, 3.8) is 0 Å². The third-order valence-electron chi connectivity index (χ3n) is 7.35. The van der Waals surface area contributed by atoms with Crippen molar-refractivity contribution < 1.29 is 9.18 Å². The van der Waals surface area contributed by atoms with Crippen molar-refractivity contribution in [2.75, 3.05) is 13.1 Å². The molecule has 5 nitrogen and oxygen atoms in total. The second kappa shape index (κ2) is 11.6. The summed E-state index contributed by atoms with van der Waals surface area (Å²) >= 11 is 6.35. The average Bonchev–Trinajstić information content (AvgIpc) is 3.26. The van der Waals surface area contributed by atoms with E-state index in [1.54, 1.807) is 12.1 Å². The lowest BCUT2D eigenvalue weighted by molar-refractivity contribution is 0.0743. The first-order valence-corrected chi connectivity index (χ1v) is 13.8. The Balaban J connectivity index is 1.67. The summed E-state index contributed by atoms with van der Waals surface area (Å²) < 4.78 is 15.6. The van der Waals surface area contributed by atoms with Crippen LogP contribution in [0.15, 0.2) is 42.5 Å². The Morgan fingerprint density at radius 3 is 2.51 bits per heavy atom. The number of nitrogens with zero attached hydrogens (tertiary/aromatic N) is 3. The summed E-state index contributed by atoms with van der Waals surface area (Å²) in [5.41, 5.74) is 9.64. The van der Waals surface area contributed by atoms with Gasteiger partial charge in [0.2, 0.25) is 0 Å². The number of carbonyl (C=O) groups excluding carboxylic acids is 1. The molecule has 2 heterocycles. The number of allylic oxidation sites excluding steroid dienone is 1. The Bertz CT molecular complexity index is 1290. The lowest BCUT2D eigenvalue weighted by atomic mass is 9.91. The van der Waals surface area contributed by atoms with Crippen LogP contribution in [0.2, 0.25) is 5.02 Å². The molecule has 1 N–H and O–H groups in total. The quantitative estimate of drug-likeness (QED) is 0.393. The van der Waals surface area contributed by atoms with Gasteiger partial charge in [-0.25, -0.2) is 14.1 Å². The fourth-order valence-electron chi connectivity index (χ4n) is 5.43. The molecule has 2 aromatic carbocycles. The molecule has 0 spiro atoms. The van der Waals surface area contributed by atoms with Crippen LogP contribution in [-0.4, -0.2) is 33.8 Å². The number of halogens is 2. The van der Waals surface area contributed by atoms with Crippen molar-refractivity contribution >= 4 is 29.2 Å². The van der Waals surface area contributed by atoms with Crippen LogP contribution in [0, 0.1) is 5.82 Å². The summed E-state index contributed by atoms with van der Waals surface area (Å²) in [6, 6.07) is 12.4. The van der Waals surface area contributed by atoms with Gasteiger partial charge in [-0.15, -0.1) is 0 Å². The Morgan fingerprint density at radius 1 is 1.03 bits per heavy atom.